The Kier molecular flexibility index (Phi) is 10.3. The van der Waals surface area contributed by atoms with Crippen LogP contribution in [-0.2, 0) is 9.59 Å². The fraction of sp³-hybridized carbons (Fsp3) is 0.857. The van der Waals surface area contributed by atoms with Crippen molar-refractivity contribution in [2.24, 2.45) is 0 Å². The summed E-state index contributed by atoms with van der Waals surface area (Å²) in [6.07, 6.45) is 1.99. The highest BCUT2D eigenvalue weighted by molar-refractivity contribution is 5.89. The lowest BCUT2D eigenvalue weighted by atomic mass is 10.1. The molecule has 1 unspecified atom stereocenters. The van der Waals surface area contributed by atoms with E-state index in [1.165, 1.54) is 4.90 Å². The Morgan fingerprint density at radius 2 is 2.00 bits per heavy atom. The first-order valence-electron chi connectivity index (χ1n) is 7.49. The number of halogens is 2. The molecule has 2 amide bonds. The van der Waals surface area contributed by atoms with E-state index in [0.29, 0.717) is 13.1 Å². The standard InChI is InChI=1S/C14H26FN3O2.ClH/c1-3-7-17(8-4-2)13(19)11-12-14(20)18(9-5-15)10-6-16-12;/h12,16H,3-11H2,1-2H3;1H. The highest BCUT2D eigenvalue weighted by Crippen LogP contribution is 2.08. The molecule has 1 heterocycles. The molecule has 1 aliphatic heterocycles. The van der Waals surface area contributed by atoms with Crippen molar-refractivity contribution >= 4 is 24.2 Å². The van der Waals surface area contributed by atoms with E-state index in [1.54, 1.807) is 0 Å². The normalized spacial score (nSPS) is 18.3. The summed E-state index contributed by atoms with van der Waals surface area (Å²) >= 11 is 0. The molecule has 1 saturated heterocycles. The van der Waals surface area contributed by atoms with Crippen LogP contribution in [0.1, 0.15) is 33.1 Å². The van der Waals surface area contributed by atoms with Crippen molar-refractivity contribution in [3.05, 3.63) is 0 Å². The van der Waals surface area contributed by atoms with Gasteiger partial charge in [-0.2, -0.15) is 0 Å². The van der Waals surface area contributed by atoms with E-state index >= 15 is 0 Å². The maximum absolute atomic E-state index is 12.4. The average molecular weight is 324 g/mol. The molecule has 1 aliphatic rings. The lowest BCUT2D eigenvalue weighted by Gasteiger charge is -2.33. The van der Waals surface area contributed by atoms with E-state index in [1.807, 2.05) is 18.7 Å². The molecule has 0 aromatic heterocycles. The molecule has 21 heavy (non-hydrogen) atoms. The first kappa shape index (κ1) is 20.1. The molecule has 1 N–H and O–H groups in total. The minimum atomic E-state index is -0.537. The molecule has 1 fully saturated rings. The number of amides is 2. The van der Waals surface area contributed by atoms with Gasteiger partial charge >= 0.3 is 0 Å². The maximum atomic E-state index is 12.4. The number of alkyl halides is 1. The van der Waals surface area contributed by atoms with Gasteiger partial charge in [-0.15, -0.1) is 12.4 Å². The quantitative estimate of drug-likeness (QED) is 0.730. The molecule has 7 heteroatoms. The molecule has 5 nitrogen and oxygen atoms in total. The van der Waals surface area contributed by atoms with Crippen LogP contribution in [0.3, 0.4) is 0 Å². The minimum absolute atomic E-state index is 0. The van der Waals surface area contributed by atoms with Gasteiger partial charge in [0.25, 0.3) is 0 Å². The first-order valence-corrected chi connectivity index (χ1v) is 7.49. The molecule has 0 bridgehead atoms. The Bertz CT molecular complexity index is 323. The van der Waals surface area contributed by atoms with Crippen LogP contribution in [0.2, 0.25) is 0 Å². The Morgan fingerprint density at radius 3 is 2.52 bits per heavy atom. The van der Waals surface area contributed by atoms with Crippen LogP contribution in [0.15, 0.2) is 0 Å². The van der Waals surface area contributed by atoms with Crippen molar-refractivity contribution in [3.8, 4) is 0 Å². The SMILES string of the molecule is CCCN(CCC)C(=O)CC1NCCN(CCF)C1=O.Cl. The fourth-order valence-electron chi connectivity index (χ4n) is 2.48. The van der Waals surface area contributed by atoms with E-state index < -0.39 is 12.7 Å². The molecule has 1 atom stereocenters. The number of carbonyl (C=O) groups excluding carboxylic acids is 2. The number of piperazine rings is 1. The predicted octanol–water partition coefficient (Wildman–Crippen LogP) is 1.22. The van der Waals surface area contributed by atoms with Crippen LogP contribution in [0.4, 0.5) is 4.39 Å². The van der Waals surface area contributed by atoms with Crippen molar-refractivity contribution < 1.29 is 14.0 Å². The lowest BCUT2D eigenvalue weighted by molar-refractivity contribution is -0.141. The molecule has 0 aliphatic carbocycles. The second kappa shape index (κ2) is 10.8. The number of carbonyl (C=O) groups is 2. The molecular formula is C14H27ClFN3O2. The van der Waals surface area contributed by atoms with Crippen LogP contribution in [-0.4, -0.2) is 67.1 Å². The van der Waals surface area contributed by atoms with Gasteiger partial charge in [0.15, 0.2) is 0 Å². The van der Waals surface area contributed by atoms with Crippen LogP contribution in [0, 0.1) is 0 Å². The number of nitrogens with zero attached hydrogens (tertiary/aromatic N) is 2. The minimum Gasteiger partial charge on any atom is -0.343 e. The average Bonchev–Trinajstić information content (AvgIpc) is 2.43. The van der Waals surface area contributed by atoms with Gasteiger partial charge in [-0.05, 0) is 12.8 Å². The Hall–Kier alpha value is -0.880. The van der Waals surface area contributed by atoms with Gasteiger partial charge in [0.2, 0.25) is 11.8 Å². The summed E-state index contributed by atoms with van der Waals surface area (Å²) in [7, 11) is 0. The van der Waals surface area contributed by atoms with E-state index in [-0.39, 0.29) is 37.2 Å². The third-order valence-electron chi connectivity index (χ3n) is 3.46. The van der Waals surface area contributed by atoms with E-state index in [0.717, 1.165) is 25.9 Å². The summed E-state index contributed by atoms with van der Waals surface area (Å²) in [6.45, 7) is 6.23. The predicted molar refractivity (Wildman–Crippen MR) is 83.4 cm³/mol. The van der Waals surface area contributed by atoms with Crippen molar-refractivity contribution in [3.63, 3.8) is 0 Å². The summed E-state index contributed by atoms with van der Waals surface area (Å²) in [5.74, 6) is -0.156. The highest BCUT2D eigenvalue weighted by atomic mass is 35.5. The number of hydrogen-bond acceptors (Lipinski definition) is 3. The summed E-state index contributed by atoms with van der Waals surface area (Å²) in [6, 6.07) is -0.501. The van der Waals surface area contributed by atoms with Gasteiger partial charge in [0.1, 0.15) is 6.67 Å². The number of hydrogen-bond donors (Lipinski definition) is 1. The van der Waals surface area contributed by atoms with Crippen molar-refractivity contribution in [1.82, 2.24) is 15.1 Å². The van der Waals surface area contributed by atoms with Crippen molar-refractivity contribution in [2.45, 2.75) is 39.2 Å². The second-order valence-electron chi connectivity index (χ2n) is 5.11. The third kappa shape index (κ3) is 6.18. The molecule has 0 spiro atoms. The summed E-state index contributed by atoms with van der Waals surface area (Å²) in [4.78, 5) is 27.7. The third-order valence-corrected chi connectivity index (χ3v) is 3.46. The molecule has 0 aromatic carbocycles. The first-order chi connectivity index (χ1) is 9.63. The topological polar surface area (TPSA) is 52.7 Å². The van der Waals surface area contributed by atoms with E-state index in [9.17, 15) is 14.0 Å². The van der Waals surface area contributed by atoms with Gasteiger partial charge in [-0.1, -0.05) is 13.8 Å². The second-order valence-corrected chi connectivity index (χ2v) is 5.11. The van der Waals surface area contributed by atoms with Crippen molar-refractivity contribution in [1.29, 1.82) is 0 Å². The van der Waals surface area contributed by atoms with E-state index in [2.05, 4.69) is 5.32 Å². The lowest BCUT2D eigenvalue weighted by Crippen LogP contribution is -2.56. The molecule has 1 rings (SSSR count). The Balaban J connectivity index is 0.00000400. The van der Waals surface area contributed by atoms with E-state index in [4.69, 9.17) is 0 Å². The molecule has 0 aromatic rings. The Morgan fingerprint density at radius 1 is 1.38 bits per heavy atom. The van der Waals surface area contributed by atoms with Gasteiger partial charge < -0.3 is 15.1 Å². The van der Waals surface area contributed by atoms with Gasteiger partial charge in [-0.25, -0.2) is 4.39 Å². The summed E-state index contributed by atoms with van der Waals surface area (Å²) in [5, 5.41) is 3.07. The largest absolute Gasteiger partial charge is 0.343 e. The van der Waals surface area contributed by atoms with Gasteiger partial charge in [0.05, 0.1) is 12.5 Å². The van der Waals surface area contributed by atoms with Gasteiger partial charge in [0, 0.05) is 32.7 Å². The van der Waals surface area contributed by atoms with Gasteiger partial charge in [-0.3, -0.25) is 9.59 Å². The number of rotatable bonds is 8. The molecule has 124 valence electrons. The zero-order valence-electron chi connectivity index (χ0n) is 12.9. The zero-order valence-corrected chi connectivity index (χ0v) is 13.8. The fourth-order valence-corrected chi connectivity index (χ4v) is 2.48. The zero-order chi connectivity index (χ0) is 15.0. The van der Waals surface area contributed by atoms with Crippen LogP contribution in [0.25, 0.3) is 0 Å². The molecule has 0 saturated carbocycles. The summed E-state index contributed by atoms with van der Waals surface area (Å²) in [5.41, 5.74) is 0. The van der Waals surface area contributed by atoms with Crippen molar-refractivity contribution in [2.75, 3.05) is 39.4 Å². The van der Waals surface area contributed by atoms with Crippen LogP contribution < -0.4 is 5.32 Å². The maximum Gasteiger partial charge on any atom is 0.240 e. The molecular weight excluding hydrogens is 297 g/mol. The monoisotopic (exact) mass is 323 g/mol. The Labute approximate surface area is 132 Å². The highest BCUT2D eigenvalue weighted by Gasteiger charge is 2.30. The summed E-state index contributed by atoms with van der Waals surface area (Å²) < 4.78 is 12.4. The van der Waals surface area contributed by atoms with Crippen LogP contribution >= 0.6 is 12.4 Å². The smallest absolute Gasteiger partial charge is 0.240 e. The molecule has 0 radical (unpaired) electrons. The number of nitrogens with one attached hydrogen (secondary N) is 1. The van der Waals surface area contributed by atoms with Crippen LogP contribution in [0.5, 0.6) is 0 Å².